The number of hydrazine groups is 1. The van der Waals surface area contributed by atoms with Crippen molar-refractivity contribution in [3.63, 3.8) is 0 Å². The molecule has 9 nitrogen and oxygen atoms in total. The summed E-state index contributed by atoms with van der Waals surface area (Å²) in [6, 6.07) is 13.9. The highest BCUT2D eigenvalue weighted by atomic mass is 16.2. The minimum absolute atomic E-state index is 0.111. The Hall–Kier alpha value is -4.14. The van der Waals surface area contributed by atoms with E-state index in [1.165, 1.54) is 5.01 Å². The molecule has 2 unspecified atom stereocenters. The predicted octanol–water partition coefficient (Wildman–Crippen LogP) is 3.20. The molecule has 9 heteroatoms. The highest BCUT2D eigenvalue weighted by Crippen LogP contribution is 2.32. The molecule has 2 aromatic rings. The van der Waals surface area contributed by atoms with Crippen molar-refractivity contribution in [2.24, 2.45) is 11.8 Å². The van der Waals surface area contributed by atoms with Crippen LogP contribution in [0.15, 0.2) is 60.7 Å². The van der Waals surface area contributed by atoms with E-state index in [1.807, 2.05) is 36.4 Å². The van der Waals surface area contributed by atoms with E-state index in [1.54, 1.807) is 29.2 Å². The maximum Gasteiger partial charge on any atom is 0.321 e. The van der Waals surface area contributed by atoms with E-state index in [9.17, 15) is 19.2 Å². The normalized spacial score (nSPS) is 21.1. The summed E-state index contributed by atoms with van der Waals surface area (Å²) in [5, 5.41) is 7.05. The molecule has 0 spiro atoms. The van der Waals surface area contributed by atoms with Crippen LogP contribution >= 0.6 is 0 Å². The Morgan fingerprint density at radius 1 is 0.944 bits per heavy atom. The highest BCUT2D eigenvalue weighted by molar-refractivity contribution is 6.05. The average Bonchev–Trinajstić information content (AvgIpc) is 3.45. The van der Waals surface area contributed by atoms with Crippen molar-refractivity contribution in [3.05, 3.63) is 71.8 Å². The standard InChI is InChI=1S/C27H29N5O4/c33-24(28-17-18-7-5-9-20(15-18)29-27(36)31-13-3-4-14-31)19-8-6-10-21(16-19)32-26(35)23-12-2-1-11-22(23)25(34)30-32/h1-2,5-10,15-16,22-23H,3-4,11-14,17H2,(H,28,33)(H,29,36)(H,30,34). The number of urea groups is 1. The molecule has 1 aliphatic carbocycles. The fourth-order valence-electron chi connectivity index (χ4n) is 4.94. The van der Waals surface area contributed by atoms with E-state index in [0.29, 0.717) is 29.8 Å². The second-order valence-electron chi connectivity index (χ2n) is 9.36. The summed E-state index contributed by atoms with van der Waals surface area (Å²) in [6.45, 7) is 1.81. The zero-order valence-corrected chi connectivity index (χ0v) is 19.9. The highest BCUT2D eigenvalue weighted by Gasteiger charge is 2.42. The molecule has 3 aliphatic rings. The van der Waals surface area contributed by atoms with Gasteiger partial charge in [0.15, 0.2) is 0 Å². The molecule has 2 aromatic carbocycles. The van der Waals surface area contributed by atoms with Crippen LogP contribution in [0, 0.1) is 11.8 Å². The lowest BCUT2D eigenvalue weighted by Gasteiger charge is -2.38. The Kier molecular flexibility index (Phi) is 6.71. The summed E-state index contributed by atoms with van der Waals surface area (Å²) in [7, 11) is 0. The maximum atomic E-state index is 13.0. The van der Waals surface area contributed by atoms with Crippen LogP contribution in [0.5, 0.6) is 0 Å². The van der Waals surface area contributed by atoms with Gasteiger partial charge in [0.2, 0.25) is 11.8 Å². The number of likely N-dealkylation sites (tertiary alicyclic amines) is 1. The number of hydrogen-bond acceptors (Lipinski definition) is 4. The smallest absolute Gasteiger partial charge is 0.321 e. The van der Waals surface area contributed by atoms with E-state index >= 15 is 0 Å². The van der Waals surface area contributed by atoms with E-state index in [4.69, 9.17) is 0 Å². The molecule has 0 saturated carbocycles. The van der Waals surface area contributed by atoms with Crippen molar-refractivity contribution in [1.82, 2.24) is 15.6 Å². The lowest BCUT2D eigenvalue weighted by atomic mass is 9.80. The molecule has 5 rings (SSSR count). The fourth-order valence-corrected chi connectivity index (χ4v) is 4.94. The van der Waals surface area contributed by atoms with Gasteiger partial charge >= 0.3 is 6.03 Å². The lowest BCUT2D eigenvalue weighted by molar-refractivity contribution is -0.139. The Bertz CT molecular complexity index is 1220. The van der Waals surface area contributed by atoms with Gasteiger partial charge in [-0.3, -0.25) is 19.8 Å². The number of allylic oxidation sites excluding steroid dienone is 2. The minimum atomic E-state index is -0.389. The Balaban J connectivity index is 1.22. The second-order valence-corrected chi connectivity index (χ2v) is 9.36. The van der Waals surface area contributed by atoms with E-state index < -0.39 is 0 Å². The predicted molar refractivity (Wildman–Crippen MR) is 135 cm³/mol. The van der Waals surface area contributed by atoms with Crippen molar-refractivity contribution >= 4 is 35.1 Å². The molecule has 0 aromatic heterocycles. The number of benzene rings is 2. The van der Waals surface area contributed by atoms with Crippen LogP contribution in [0.2, 0.25) is 0 Å². The molecule has 2 saturated heterocycles. The number of nitrogens with one attached hydrogen (secondary N) is 3. The summed E-state index contributed by atoms with van der Waals surface area (Å²) in [4.78, 5) is 52.6. The topological polar surface area (TPSA) is 111 Å². The van der Waals surface area contributed by atoms with E-state index in [0.717, 1.165) is 31.5 Å². The van der Waals surface area contributed by atoms with Gasteiger partial charge in [-0.2, -0.15) is 0 Å². The van der Waals surface area contributed by atoms with Gasteiger partial charge in [0.25, 0.3) is 5.91 Å². The average molecular weight is 488 g/mol. The number of amides is 5. The summed E-state index contributed by atoms with van der Waals surface area (Å²) in [5.41, 5.74) is 5.03. The molecule has 2 atom stereocenters. The van der Waals surface area contributed by atoms with Gasteiger partial charge in [0.05, 0.1) is 17.5 Å². The lowest BCUT2D eigenvalue weighted by Crippen LogP contribution is -2.59. The van der Waals surface area contributed by atoms with Crippen molar-refractivity contribution in [3.8, 4) is 0 Å². The monoisotopic (exact) mass is 487 g/mol. The number of carbonyl (C=O) groups is 4. The summed E-state index contributed by atoms with van der Waals surface area (Å²) in [6.07, 6.45) is 7.01. The molecule has 3 N–H and O–H groups in total. The van der Waals surface area contributed by atoms with Crippen molar-refractivity contribution in [2.45, 2.75) is 32.2 Å². The van der Waals surface area contributed by atoms with Gasteiger partial charge in [0.1, 0.15) is 0 Å². The van der Waals surface area contributed by atoms with Crippen LogP contribution < -0.4 is 21.1 Å². The van der Waals surface area contributed by atoms with Crippen LogP contribution in [-0.2, 0) is 16.1 Å². The van der Waals surface area contributed by atoms with Crippen LogP contribution in [0.25, 0.3) is 0 Å². The number of rotatable bonds is 5. The Morgan fingerprint density at radius 2 is 1.69 bits per heavy atom. The fraction of sp³-hybridized carbons (Fsp3) is 0.333. The van der Waals surface area contributed by atoms with Crippen LogP contribution in [-0.4, -0.2) is 41.7 Å². The Labute approximate surface area is 209 Å². The van der Waals surface area contributed by atoms with Crippen molar-refractivity contribution < 1.29 is 19.2 Å². The third-order valence-electron chi connectivity index (χ3n) is 6.92. The zero-order valence-electron chi connectivity index (χ0n) is 19.9. The van der Waals surface area contributed by atoms with Crippen molar-refractivity contribution in [2.75, 3.05) is 23.4 Å². The van der Waals surface area contributed by atoms with Crippen LogP contribution in [0.3, 0.4) is 0 Å². The first-order valence-corrected chi connectivity index (χ1v) is 12.3. The molecule has 0 bridgehead atoms. The second kappa shape index (κ2) is 10.2. The molecule has 5 amide bonds. The number of carbonyl (C=O) groups excluding carboxylic acids is 4. The first-order chi connectivity index (χ1) is 17.5. The number of hydrogen-bond donors (Lipinski definition) is 3. The number of anilines is 2. The Morgan fingerprint density at radius 3 is 2.50 bits per heavy atom. The molecule has 2 heterocycles. The number of nitrogens with zero attached hydrogens (tertiary/aromatic N) is 2. The first-order valence-electron chi connectivity index (χ1n) is 12.3. The van der Waals surface area contributed by atoms with Crippen LogP contribution in [0.1, 0.15) is 41.6 Å². The summed E-state index contributed by atoms with van der Waals surface area (Å²) >= 11 is 0. The van der Waals surface area contributed by atoms with Gasteiger partial charge in [0, 0.05) is 30.9 Å². The van der Waals surface area contributed by atoms with Gasteiger partial charge in [-0.05, 0) is 61.6 Å². The van der Waals surface area contributed by atoms with Gasteiger partial charge in [-0.25, -0.2) is 9.80 Å². The molecular formula is C27H29N5O4. The third-order valence-corrected chi connectivity index (χ3v) is 6.92. The molecule has 36 heavy (non-hydrogen) atoms. The molecule has 0 radical (unpaired) electrons. The SMILES string of the molecule is O=C(NCc1cccc(NC(=O)N2CCCC2)c1)c1cccc(N2NC(=O)C3CC=CCC3C2=O)c1. The molecular weight excluding hydrogens is 458 g/mol. The van der Waals surface area contributed by atoms with Gasteiger partial charge in [-0.15, -0.1) is 0 Å². The largest absolute Gasteiger partial charge is 0.348 e. The minimum Gasteiger partial charge on any atom is -0.348 e. The van der Waals surface area contributed by atoms with Gasteiger partial charge < -0.3 is 15.5 Å². The van der Waals surface area contributed by atoms with Crippen molar-refractivity contribution in [1.29, 1.82) is 0 Å². The van der Waals surface area contributed by atoms with Crippen LogP contribution in [0.4, 0.5) is 16.2 Å². The quantitative estimate of drug-likeness (QED) is 0.563. The molecule has 2 aliphatic heterocycles. The van der Waals surface area contributed by atoms with E-state index in [2.05, 4.69) is 16.1 Å². The first kappa shape index (κ1) is 23.6. The number of fused-ring (bicyclic) bond motifs is 1. The summed E-state index contributed by atoms with van der Waals surface area (Å²) in [5.74, 6) is -1.40. The summed E-state index contributed by atoms with van der Waals surface area (Å²) < 4.78 is 0. The molecule has 186 valence electrons. The zero-order chi connectivity index (χ0) is 25.1. The van der Waals surface area contributed by atoms with E-state index in [-0.39, 0.29) is 42.1 Å². The van der Waals surface area contributed by atoms with Gasteiger partial charge in [-0.1, -0.05) is 30.4 Å². The third kappa shape index (κ3) is 4.95. The maximum absolute atomic E-state index is 13.0. The molecule has 2 fully saturated rings.